The number of hydrogen-bond donors (Lipinski definition) is 2. The smallest absolute Gasteiger partial charge is 0.313 e. The van der Waals surface area contributed by atoms with Gasteiger partial charge in [-0.05, 0) is 49.3 Å². The van der Waals surface area contributed by atoms with Gasteiger partial charge in [-0.2, -0.15) is 0 Å². The third-order valence-corrected chi connectivity index (χ3v) is 6.47. The van der Waals surface area contributed by atoms with Crippen LogP contribution in [0.5, 0.6) is 0 Å². The number of fused-ring (bicyclic) bond motifs is 1. The predicted molar refractivity (Wildman–Crippen MR) is 131 cm³/mol. The fraction of sp³-hybridized carbons (Fsp3) is 0.480. The van der Waals surface area contributed by atoms with Crippen LogP contribution in [-0.4, -0.2) is 53.9 Å². The van der Waals surface area contributed by atoms with E-state index in [-0.39, 0.29) is 11.8 Å². The van der Waals surface area contributed by atoms with Crippen LogP contribution in [-0.2, 0) is 20.8 Å². The molecule has 1 aromatic heterocycles. The molecule has 0 saturated carbocycles. The summed E-state index contributed by atoms with van der Waals surface area (Å²) in [5.74, 6) is -0.222. The lowest BCUT2D eigenvalue weighted by Crippen LogP contribution is -2.42. The summed E-state index contributed by atoms with van der Waals surface area (Å²) in [6.07, 6.45) is 8.71. The van der Waals surface area contributed by atoms with E-state index in [1.54, 1.807) is 35.6 Å². The van der Waals surface area contributed by atoms with Crippen molar-refractivity contribution in [2.24, 2.45) is 11.8 Å². The number of hydrogen-bond acceptors (Lipinski definition) is 6. The third-order valence-electron chi connectivity index (χ3n) is 6.47. The van der Waals surface area contributed by atoms with Gasteiger partial charge in [0.2, 0.25) is 5.91 Å². The minimum Gasteiger partial charge on any atom is -0.355 e. The number of piperidine rings is 1. The minimum absolute atomic E-state index is 0.0625. The number of rotatable bonds is 5. The Hall–Kier alpha value is -3.49. The number of nitrogens with one attached hydrogen (secondary N) is 2. The Kier molecular flexibility index (Phi) is 7.40. The monoisotopic (exact) mass is 464 g/mol. The molecule has 4 rings (SSSR count). The molecule has 34 heavy (non-hydrogen) atoms. The summed E-state index contributed by atoms with van der Waals surface area (Å²) in [6.45, 7) is 6.57. The van der Waals surface area contributed by atoms with Crippen molar-refractivity contribution < 1.29 is 14.4 Å². The lowest BCUT2D eigenvalue weighted by Gasteiger charge is -2.32. The molecular formula is C25H32N6O3. The van der Waals surface area contributed by atoms with E-state index in [0.29, 0.717) is 24.7 Å². The van der Waals surface area contributed by atoms with Crippen molar-refractivity contribution in [3.05, 3.63) is 42.4 Å². The Morgan fingerprint density at radius 1 is 1.09 bits per heavy atom. The van der Waals surface area contributed by atoms with Crippen molar-refractivity contribution in [1.82, 2.24) is 15.3 Å². The zero-order chi connectivity index (χ0) is 24.1. The van der Waals surface area contributed by atoms with Gasteiger partial charge < -0.3 is 20.4 Å². The molecule has 180 valence electrons. The quantitative estimate of drug-likeness (QED) is 0.658. The van der Waals surface area contributed by atoms with Crippen LogP contribution in [0.1, 0.15) is 38.7 Å². The molecule has 3 amide bonds. The summed E-state index contributed by atoms with van der Waals surface area (Å²) in [6, 6.07) is 5.51. The molecule has 9 heteroatoms. The van der Waals surface area contributed by atoms with Gasteiger partial charge in [0, 0.05) is 55.9 Å². The topological polar surface area (TPSA) is 108 Å². The van der Waals surface area contributed by atoms with Crippen molar-refractivity contribution >= 4 is 34.9 Å². The van der Waals surface area contributed by atoms with Gasteiger partial charge in [0.15, 0.2) is 0 Å². The Labute approximate surface area is 199 Å². The second-order valence-corrected chi connectivity index (χ2v) is 9.25. The van der Waals surface area contributed by atoms with Crippen molar-refractivity contribution in [1.29, 1.82) is 0 Å². The first-order valence-electron chi connectivity index (χ1n) is 12.0. The molecule has 1 fully saturated rings. The van der Waals surface area contributed by atoms with Gasteiger partial charge >= 0.3 is 11.8 Å². The van der Waals surface area contributed by atoms with Crippen LogP contribution < -0.4 is 20.4 Å². The van der Waals surface area contributed by atoms with Crippen LogP contribution in [0.3, 0.4) is 0 Å². The molecule has 0 bridgehead atoms. The maximum absolute atomic E-state index is 12.6. The second-order valence-electron chi connectivity index (χ2n) is 9.25. The number of nitrogens with zero attached hydrogens (tertiary/aromatic N) is 4. The van der Waals surface area contributed by atoms with Crippen LogP contribution in [0.15, 0.2) is 36.8 Å². The van der Waals surface area contributed by atoms with Crippen molar-refractivity contribution in [3.8, 4) is 0 Å². The van der Waals surface area contributed by atoms with Gasteiger partial charge in [-0.15, -0.1) is 0 Å². The molecule has 0 aliphatic carbocycles. The SMILES string of the molecule is CC(C)C(=O)N1CCCc2ccc(NC(=O)C(=O)NCC3CCN(c4cnccn4)CC3)cc21. The maximum atomic E-state index is 12.6. The first kappa shape index (κ1) is 23.7. The highest BCUT2D eigenvalue weighted by atomic mass is 16.2. The molecule has 2 N–H and O–H groups in total. The van der Waals surface area contributed by atoms with Crippen LogP contribution in [0.25, 0.3) is 0 Å². The molecule has 0 atom stereocenters. The van der Waals surface area contributed by atoms with E-state index in [0.717, 1.165) is 55.8 Å². The second kappa shape index (κ2) is 10.6. The fourth-order valence-corrected chi connectivity index (χ4v) is 4.52. The van der Waals surface area contributed by atoms with Crippen LogP contribution >= 0.6 is 0 Å². The first-order chi connectivity index (χ1) is 16.4. The number of carbonyl (C=O) groups is 3. The summed E-state index contributed by atoms with van der Waals surface area (Å²) in [5, 5.41) is 5.45. The largest absolute Gasteiger partial charge is 0.355 e. The fourth-order valence-electron chi connectivity index (χ4n) is 4.52. The molecule has 0 spiro atoms. The van der Waals surface area contributed by atoms with Crippen molar-refractivity contribution in [2.75, 3.05) is 41.3 Å². The first-order valence-corrected chi connectivity index (χ1v) is 12.0. The molecule has 0 radical (unpaired) electrons. The molecule has 2 aromatic rings. The highest BCUT2D eigenvalue weighted by molar-refractivity contribution is 6.39. The molecule has 3 heterocycles. The average Bonchev–Trinajstić information content (AvgIpc) is 2.87. The summed E-state index contributed by atoms with van der Waals surface area (Å²) in [7, 11) is 0. The van der Waals surface area contributed by atoms with E-state index >= 15 is 0 Å². The molecule has 1 saturated heterocycles. The van der Waals surface area contributed by atoms with E-state index in [9.17, 15) is 14.4 Å². The van der Waals surface area contributed by atoms with E-state index < -0.39 is 11.8 Å². The Morgan fingerprint density at radius 3 is 2.59 bits per heavy atom. The molecule has 2 aliphatic heterocycles. The van der Waals surface area contributed by atoms with Gasteiger partial charge in [-0.1, -0.05) is 19.9 Å². The lowest BCUT2D eigenvalue weighted by atomic mass is 9.97. The number of aromatic nitrogens is 2. The maximum Gasteiger partial charge on any atom is 0.313 e. The van der Waals surface area contributed by atoms with Gasteiger partial charge in [0.05, 0.1) is 6.20 Å². The van der Waals surface area contributed by atoms with Crippen molar-refractivity contribution in [2.45, 2.75) is 39.5 Å². The highest BCUT2D eigenvalue weighted by Gasteiger charge is 2.26. The van der Waals surface area contributed by atoms with E-state index in [4.69, 9.17) is 0 Å². The zero-order valence-electron chi connectivity index (χ0n) is 19.8. The number of benzene rings is 1. The Bertz CT molecular complexity index is 1030. The number of carbonyl (C=O) groups excluding carboxylic acids is 3. The zero-order valence-corrected chi connectivity index (χ0v) is 19.8. The summed E-state index contributed by atoms with van der Waals surface area (Å²) >= 11 is 0. The third kappa shape index (κ3) is 5.52. The molecular weight excluding hydrogens is 432 g/mol. The summed E-state index contributed by atoms with van der Waals surface area (Å²) < 4.78 is 0. The van der Waals surface area contributed by atoms with Gasteiger partial charge in [0.25, 0.3) is 0 Å². The van der Waals surface area contributed by atoms with Crippen LogP contribution in [0.4, 0.5) is 17.2 Å². The number of anilines is 3. The highest BCUT2D eigenvalue weighted by Crippen LogP contribution is 2.31. The van der Waals surface area contributed by atoms with Crippen LogP contribution in [0.2, 0.25) is 0 Å². The Morgan fingerprint density at radius 2 is 1.88 bits per heavy atom. The van der Waals surface area contributed by atoms with E-state index in [2.05, 4.69) is 25.5 Å². The average molecular weight is 465 g/mol. The number of amides is 3. The van der Waals surface area contributed by atoms with Crippen molar-refractivity contribution in [3.63, 3.8) is 0 Å². The number of aryl methyl sites for hydroxylation is 1. The van der Waals surface area contributed by atoms with Gasteiger partial charge in [-0.25, -0.2) is 4.98 Å². The van der Waals surface area contributed by atoms with E-state index in [1.165, 1.54) is 0 Å². The van der Waals surface area contributed by atoms with Gasteiger partial charge in [-0.3, -0.25) is 19.4 Å². The normalized spacial score (nSPS) is 16.2. The molecule has 9 nitrogen and oxygen atoms in total. The summed E-state index contributed by atoms with van der Waals surface area (Å²) in [4.78, 5) is 49.9. The molecule has 1 aromatic carbocycles. The van der Waals surface area contributed by atoms with Gasteiger partial charge in [0.1, 0.15) is 5.82 Å². The minimum atomic E-state index is -0.700. The molecule has 2 aliphatic rings. The predicted octanol–water partition coefficient (Wildman–Crippen LogP) is 2.38. The van der Waals surface area contributed by atoms with Crippen LogP contribution in [0, 0.1) is 11.8 Å². The summed E-state index contributed by atoms with van der Waals surface area (Å²) in [5.41, 5.74) is 2.41. The molecule has 0 unspecified atom stereocenters. The standard InChI is InChI=1S/C25H32N6O3/c1-17(2)25(34)31-11-3-4-19-5-6-20(14-21(19)31)29-24(33)23(32)28-15-18-7-12-30(13-8-18)22-16-26-9-10-27-22/h5-6,9-10,14,16-18H,3-4,7-8,11-13,15H2,1-2H3,(H,28,32)(H,29,33). The Balaban J connectivity index is 1.28. The lowest BCUT2D eigenvalue weighted by molar-refractivity contribution is -0.136. The van der Waals surface area contributed by atoms with E-state index in [1.807, 2.05) is 19.9 Å².